The highest BCUT2D eigenvalue weighted by Crippen LogP contribution is 2.23. The van der Waals surface area contributed by atoms with Gasteiger partial charge >= 0.3 is 0 Å². The molecular weight excluding hydrogens is 328 g/mol. The van der Waals surface area contributed by atoms with Crippen molar-refractivity contribution in [2.24, 2.45) is 0 Å². The summed E-state index contributed by atoms with van der Waals surface area (Å²) in [5.74, 6) is 0.941. The zero-order valence-corrected chi connectivity index (χ0v) is 14.9. The van der Waals surface area contributed by atoms with E-state index in [1.807, 2.05) is 34.9 Å². The largest absolute Gasteiger partial charge is 0.492 e. The Bertz CT molecular complexity index is 565. The molecule has 1 heterocycles. The number of halogens is 1. The smallest absolute Gasteiger partial charge is 0.222 e. The van der Waals surface area contributed by atoms with Crippen LogP contribution >= 0.6 is 11.6 Å². The summed E-state index contributed by atoms with van der Waals surface area (Å²) in [4.78, 5) is 27.8. The van der Waals surface area contributed by atoms with Crippen LogP contribution in [0.15, 0.2) is 24.3 Å². The zero-order valence-electron chi connectivity index (χ0n) is 14.2. The lowest BCUT2D eigenvalue weighted by molar-refractivity contribution is -0.133. The van der Waals surface area contributed by atoms with Crippen molar-refractivity contribution < 1.29 is 14.3 Å². The number of amides is 2. The van der Waals surface area contributed by atoms with Gasteiger partial charge < -0.3 is 14.5 Å². The molecule has 1 aliphatic heterocycles. The Balaban J connectivity index is 1.71. The predicted octanol–water partition coefficient (Wildman–Crippen LogP) is 2.97. The van der Waals surface area contributed by atoms with Crippen molar-refractivity contribution in [1.29, 1.82) is 0 Å². The third kappa shape index (κ3) is 5.41. The van der Waals surface area contributed by atoms with Gasteiger partial charge in [-0.1, -0.05) is 30.7 Å². The first-order chi connectivity index (χ1) is 11.6. The maximum absolute atomic E-state index is 12.3. The summed E-state index contributed by atoms with van der Waals surface area (Å²) in [7, 11) is 0. The number of rotatable bonds is 6. The van der Waals surface area contributed by atoms with Gasteiger partial charge in [-0.2, -0.15) is 0 Å². The van der Waals surface area contributed by atoms with Gasteiger partial charge in [0.05, 0.1) is 11.6 Å². The number of nitrogens with zero attached hydrogens (tertiary/aromatic N) is 2. The van der Waals surface area contributed by atoms with Crippen molar-refractivity contribution in [2.75, 3.05) is 32.8 Å². The Morgan fingerprint density at radius 2 is 1.75 bits per heavy atom. The van der Waals surface area contributed by atoms with Crippen LogP contribution < -0.4 is 4.74 Å². The summed E-state index contributed by atoms with van der Waals surface area (Å²) >= 11 is 6.02. The van der Waals surface area contributed by atoms with Gasteiger partial charge in [0.15, 0.2) is 0 Å². The topological polar surface area (TPSA) is 49.9 Å². The van der Waals surface area contributed by atoms with E-state index in [-0.39, 0.29) is 11.8 Å². The van der Waals surface area contributed by atoms with Crippen LogP contribution in [0.4, 0.5) is 0 Å². The maximum Gasteiger partial charge on any atom is 0.222 e. The molecular formula is C18H25ClN2O3. The molecule has 0 spiro atoms. The van der Waals surface area contributed by atoms with Crippen LogP contribution in [-0.2, 0) is 9.59 Å². The summed E-state index contributed by atoms with van der Waals surface area (Å²) in [6.45, 7) is 5.05. The molecule has 0 bridgehead atoms. The molecule has 0 saturated carbocycles. The minimum Gasteiger partial charge on any atom is -0.492 e. The molecule has 2 rings (SSSR count). The Morgan fingerprint density at radius 3 is 2.42 bits per heavy atom. The van der Waals surface area contributed by atoms with E-state index in [0.717, 1.165) is 19.5 Å². The van der Waals surface area contributed by atoms with Crippen molar-refractivity contribution in [3.05, 3.63) is 29.3 Å². The number of carbonyl (C=O) groups is 2. The standard InChI is InChI=1S/C18H25ClN2O3/c1-2-17(22)20-10-6-11-21(13-12-20)18(23)9-5-14-24-16-8-4-3-7-15(16)19/h3-4,7-8H,2,5-6,9-14H2,1H3. The number of carbonyl (C=O) groups excluding carboxylic acids is 2. The summed E-state index contributed by atoms with van der Waals surface area (Å²) in [5, 5.41) is 0.581. The molecule has 0 aliphatic carbocycles. The maximum atomic E-state index is 12.3. The predicted molar refractivity (Wildman–Crippen MR) is 94.2 cm³/mol. The van der Waals surface area contributed by atoms with Gasteiger partial charge in [-0.05, 0) is 25.0 Å². The molecule has 1 saturated heterocycles. The molecule has 24 heavy (non-hydrogen) atoms. The Labute approximate surface area is 148 Å². The van der Waals surface area contributed by atoms with Crippen LogP contribution in [0, 0.1) is 0 Å². The van der Waals surface area contributed by atoms with Crippen LogP contribution in [0.1, 0.15) is 32.6 Å². The molecule has 0 radical (unpaired) electrons. The Kier molecular flexibility index (Phi) is 7.37. The highest BCUT2D eigenvalue weighted by Gasteiger charge is 2.20. The van der Waals surface area contributed by atoms with Gasteiger partial charge in [0.2, 0.25) is 11.8 Å². The first kappa shape index (κ1) is 18.6. The molecule has 1 aromatic rings. The van der Waals surface area contributed by atoms with Crippen LogP contribution in [0.2, 0.25) is 5.02 Å². The molecule has 0 unspecified atom stereocenters. The van der Waals surface area contributed by atoms with Gasteiger partial charge in [-0.15, -0.1) is 0 Å². The highest BCUT2D eigenvalue weighted by molar-refractivity contribution is 6.32. The first-order valence-electron chi connectivity index (χ1n) is 8.54. The molecule has 0 aromatic heterocycles. The van der Waals surface area contributed by atoms with Crippen molar-refractivity contribution in [2.45, 2.75) is 32.6 Å². The number of ether oxygens (including phenoxy) is 1. The van der Waals surface area contributed by atoms with Gasteiger partial charge in [-0.25, -0.2) is 0 Å². The molecule has 2 amide bonds. The lowest BCUT2D eigenvalue weighted by Gasteiger charge is -2.22. The van der Waals surface area contributed by atoms with Crippen LogP contribution in [-0.4, -0.2) is 54.4 Å². The fraction of sp³-hybridized carbons (Fsp3) is 0.556. The van der Waals surface area contributed by atoms with Crippen molar-refractivity contribution in [3.8, 4) is 5.75 Å². The summed E-state index contributed by atoms with van der Waals surface area (Å²) in [6.07, 6.45) is 2.46. The molecule has 6 heteroatoms. The van der Waals surface area contributed by atoms with E-state index in [2.05, 4.69) is 0 Å². The Morgan fingerprint density at radius 1 is 1.08 bits per heavy atom. The number of para-hydroxylation sites is 1. The van der Waals surface area contributed by atoms with E-state index >= 15 is 0 Å². The normalized spacial score (nSPS) is 15.1. The highest BCUT2D eigenvalue weighted by atomic mass is 35.5. The fourth-order valence-electron chi connectivity index (χ4n) is 2.77. The average Bonchev–Trinajstić information content (AvgIpc) is 2.85. The van der Waals surface area contributed by atoms with E-state index in [1.165, 1.54) is 0 Å². The van der Waals surface area contributed by atoms with Crippen LogP contribution in [0.5, 0.6) is 5.75 Å². The van der Waals surface area contributed by atoms with Crippen molar-refractivity contribution in [3.63, 3.8) is 0 Å². The summed E-state index contributed by atoms with van der Waals surface area (Å²) in [5.41, 5.74) is 0. The molecule has 1 aliphatic rings. The van der Waals surface area contributed by atoms with Gasteiger partial charge in [0, 0.05) is 39.0 Å². The molecule has 5 nitrogen and oxygen atoms in total. The summed E-state index contributed by atoms with van der Waals surface area (Å²) in [6, 6.07) is 7.32. The van der Waals surface area contributed by atoms with Gasteiger partial charge in [0.1, 0.15) is 5.75 Å². The quantitative estimate of drug-likeness (QED) is 0.739. The lowest BCUT2D eigenvalue weighted by atomic mass is 10.2. The van der Waals surface area contributed by atoms with Crippen molar-refractivity contribution in [1.82, 2.24) is 9.80 Å². The monoisotopic (exact) mass is 352 g/mol. The van der Waals surface area contributed by atoms with Crippen molar-refractivity contribution >= 4 is 23.4 Å². The molecule has 1 aromatic carbocycles. The number of benzene rings is 1. The molecule has 132 valence electrons. The van der Waals surface area contributed by atoms with E-state index in [9.17, 15) is 9.59 Å². The van der Waals surface area contributed by atoms with E-state index in [0.29, 0.717) is 49.7 Å². The third-order valence-corrected chi connectivity index (χ3v) is 4.45. The van der Waals surface area contributed by atoms with E-state index in [4.69, 9.17) is 16.3 Å². The Hall–Kier alpha value is -1.75. The number of hydrogen-bond donors (Lipinski definition) is 0. The summed E-state index contributed by atoms with van der Waals surface area (Å²) < 4.78 is 5.61. The number of hydrogen-bond acceptors (Lipinski definition) is 3. The lowest BCUT2D eigenvalue weighted by Crippen LogP contribution is -2.37. The third-order valence-electron chi connectivity index (χ3n) is 4.13. The minimum absolute atomic E-state index is 0.128. The van der Waals surface area contributed by atoms with Gasteiger partial charge in [-0.3, -0.25) is 9.59 Å². The van der Waals surface area contributed by atoms with Crippen LogP contribution in [0.3, 0.4) is 0 Å². The second-order valence-electron chi connectivity index (χ2n) is 5.85. The first-order valence-corrected chi connectivity index (χ1v) is 8.92. The minimum atomic E-state index is 0.128. The molecule has 1 fully saturated rings. The second kappa shape index (κ2) is 9.52. The molecule has 0 atom stereocenters. The molecule has 0 N–H and O–H groups in total. The fourth-order valence-corrected chi connectivity index (χ4v) is 2.96. The van der Waals surface area contributed by atoms with E-state index in [1.54, 1.807) is 6.07 Å². The second-order valence-corrected chi connectivity index (χ2v) is 6.26. The van der Waals surface area contributed by atoms with E-state index < -0.39 is 0 Å². The zero-order chi connectivity index (χ0) is 17.4. The SMILES string of the molecule is CCC(=O)N1CCCN(C(=O)CCCOc2ccccc2Cl)CC1. The average molecular weight is 353 g/mol. The van der Waals surface area contributed by atoms with Crippen LogP contribution in [0.25, 0.3) is 0 Å². The van der Waals surface area contributed by atoms with Gasteiger partial charge in [0.25, 0.3) is 0 Å².